The maximum atomic E-state index is 6.05. The molecule has 0 aliphatic heterocycles. The number of benzene rings is 1. The maximum Gasteiger partial charge on any atom is 0.0521 e. The Bertz CT molecular complexity index is 531. The molecule has 19 heavy (non-hydrogen) atoms. The number of nitrogens with one attached hydrogen (secondary N) is 1. The van der Waals surface area contributed by atoms with Crippen molar-refractivity contribution in [2.24, 2.45) is 7.05 Å². The molecule has 1 N–H and O–H groups in total. The second kappa shape index (κ2) is 6.42. The third-order valence-electron chi connectivity index (χ3n) is 3.12. The van der Waals surface area contributed by atoms with Crippen molar-refractivity contribution in [2.75, 3.05) is 7.05 Å². The second-order valence-corrected chi connectivity index (χ2v) is 5.48. The van der Waals surface area contributed by atoms with Crippen molar-refractivity contribution in [1.29, 1.82) is 0 Å². The summed E-state index contributed by atoms with van der Waals surface area (Å²) < 4.78 is 1.82. The van der Waals surface area contributed by atoms with Gasteiger partial charge in [0, 0.05) is 29.3 Å². The lowest BCUT2D eigenvalue weighted by Crippen LogP contribution is -2.17. The lowest BCUT2D eigenvalue weighted by atomic mass is 10.0. The molecule has 0 aliphatic rings. The van der Waals surface area contributed by atoms with E-state index >= 15 is 0 Å². The van der Waals surface area contributed by atoms with Crippen LogP contribution in [0.3, 0.4) is 0 Å². The summed E-state index contributed by atoms with van der Waals surface area (Å²) in [5.41, 5.74) is 2.35. The standard InChI is InChI=1S/C14H17Cl2N3/c1-17-14(4-3-10-8-18-19(2)9-10)11-5-12(15)7-13(16)6-11/h5-9,14,17H,3-4H2,1-2H3. The molecule has 102 valence electrons. The van der Waals surface area contributed by atoms with Gasteiger partial charge < -0.3 is 5.32 Å². The van der Waals surface area contributed by atoms with Crippen LogP contribution >= 0.6 is 23.2 Å². The van der Waals surface area contributed by atoms with Gasteiger partial charge in [-0.1, -0.05) is 23.2 Å². The molecule has 0 bridgehead atoms. The third-order valence-corrected chi connectivity index (χ3v) is 3.55. The van der Waals surface area contributed by atoms with Gasteiger partial charge in [0.2, 0.25) is 0 Å². The van der Waals surface area contributed by atoms with E-state index in [1.165, 1.54) is 5.56 Å². The highest BCUT2D eigenvalue weighted by atomic mass is 35.5. The smallest absolute Gasteiger partial charge is 0.0521 e. The summed E-state index contributed by atoms with van der Waals surface area (Å²) in [6.07, 6.45) is 5.87. The van der Waals surface area contributed by atoms with E-state index in [1.54, 1.807) is 6.07 Å². The van der Waals surface area contributed by atoms with Crippen LogP contribution in [0, 0.1) is 0 Å². The Kier molecular flexibility index (Phi) is 4.86. The molecule has 1 unspecified atom stereocenters. The van der Waals surface area contributed by atoms with Crippen LogP contribution in [0.25, 0.3) is 0 Å². The molecule has 0 amide bonds. The fourth-order valence-corrected chi connectivity index (χ4v) is 2.71. The molecule has 1 aromatic heterocycles. The summed E-state index contributed by atoms with van der Waals surface area (Å²) in [7, 11) is 3.87. The average molecular weight is 298 g/mol. The van der Waals surface area contributed by atoms with Crippen LogP contribution in [0.2, 0.25) is 10.0 Å². The first kappa shape index (κ1) is 14.4. The van der Waals surface area contributed by atoms with Crippen LogP contribution in [0.4, 0.5) is 0 Å². The van der Waals surface area contributed by atoms with Crippen LogP contribution in [0.5, 0.6) is 0 Å². The van der Waals surface area contributed by atoms with E-state index in [1.807, 2.05) is 43.3 Å². The summed E-state index contributed by atoms with van der Waals surface area (Å²) in [6.45, 7) is 0. The summed E-state index contributed by atoms with van der Waals surface area (Å²) in [5.74, 6) is 0. The fourth-order valence-electron chi connectivity index (χ4n) is 2.17. The van der Waals surface area contributed by atoms with Crippen molar-refractivity contribution in [3.05, 3.63) is 51.8 Å². The van der Waals surface area contributed by atoms with E-state index in [9.17, 15) is 0 Å². The van der Waals surface area contributed by atoms with Gasteiger partial charge in [0.15, 0.2) is 0 Å². The van der Waals surface area contributed by atoms with Crippen molar-refractivity contribution in [3.8, 4) is 0 Å². The lowest BCUT2D eigenvalue weighted by Gasteiger charge is -2.17. The minimum atomic E-state index is 0.233. The van der Waals surface area contributed by atoms with Gasteiger partial charge in [-0.05, 0) is 49.2 Å². The highest BCUT2D eigenvalue weighted by molar-refractivity contribution is 6.34. The number of rotatable bonds is 5. The predicted octanol–water partition coefficient (Wildman–Crippen LogP) is 3.62. The Morgan fingerprint density at radius 1 is 1.26 bits per heavy atom. The first-order valence-corrected chi connectivity index (χ1v) is 6.95. The van der Waals surface area contributed by atoms with Gasteiger partial charge in [0.1, 0.15) is 0 Å². The SMILES string of the molecule is CNC(CCc1cnn(C)c1)c1cc(Cl)cc(Cl)c1. The quantitative estimate of drug-likeness (QED) is 0.913. The lowest BCUT2D eigenvalue weighted by molar-refractivity contribution is 0.549. The monoisotopic (exact) mass is 297 g/mol. The van der Waals surface area contributed by atoms with Crippen molar-refractivity contribution in [2.45, 2.75) is 18.9 Å². The number of hydrogen-bond acceptors (Lipinski definition) is 2. The molecule has 1 aromatic carbocycles. The highest BCUT2D eigenvalue weighted by Gasteiger charge is 2.11. The fraction of sp³-hybridized carbons (Fsp3) is 0.357. The van der Waals surface area contributed by atoms with Crippen LogP contribution in [-0.4, -0.2) is 16.8 Å². The maximum absolute atomic E-state index is 6.05. The molecule has 3 nitrogen and oxygen atoms in total. The Morgan fingerprint density at radius 2 is 1.95 bits per heavy atom. The molecule has 2 rings (SSSR count). The van der Waals surface area contributed by atoms with E-state index in [-0.39, 0.29) is 6.04 Å². The molecule has 1 atom stereocenters. The van der Waals surface area contributed by atoms with Crippen LogP contribution < -0.4 is 5.32 Å². The summed E-state index contributed by atoms with van der Waals surface area (Å²) in [4.78, 5) is 0. The molecule has 0 fully saturated rings. The Balaban J connectivity index is 2.07. The van der Waals surface area contributed by atoms with Gasteiger partial charge in [-0.15, -0.1) is 0 Å². The zero-order valence-corrected chi connectivity index (χ0v) is 12.5. The van der Waals surface area contributed by atoms with E-state index < -0.39 is 0 Å². The summed E-state index contributed by atoms with van der Waals surface area (Å²) >= 11 is 12.1. The first-order valence-electron chi connectivity index (χ1n) is 6.19. The minimum absolute atomic E-state index is 0.233. The normalized spacial score (nSPS) is 12.6. The van der Waals surface area contributed by atoms with Crippen LogP contribution in [0.15, 0.2) is 30.6 Å². The minimum Gasteiger partial charge on any atom is -0.313 e. The van der Waals surface area contributed by atoms with Gasteiger partial charge >= 0.3 is 0 Å². The highest BCUT2D eigenvalue weighted by Crippen LogP contribution is 2.26. The third kappa shape index (κ3) is 3.96. The molecule has 0 aliphatic carbocycles. The zero-order chi connectivity index (χ0) is 13.8. The van der Waals surface area contributed by atoms with E-state index in [2.05, 4.69) is 10.4 Å². The first-order chi connectivity index (χ1) is 9.08. The topological polar surface area (TPSA) is 29.9 Å². The number of nitrogens with zero attached hydrogens (tertiary/aromatic N) is 2. The molecule has 0 saturated carbocycles. The van der Waals surface area contributed by atoms with Gasteiger partial charge in [0.05, 0.1) is 6.20 Å². The molecule has 5 heteroatoms. The Morgan fingerprint density at radius 3 is 2.47 bits per heavy atom. The Labute approximate surface area is 123 Å². The van der Waals surface area contributed by atoms with Gasteiger partial charge in [-0.3, -0.25) is 4.68 Å². The van der Waals surface area contributed by atoms with E-state index in [0.29, 0.717) is 10.0 Å². The molecule has 1 heterocycles. The van der Waals surface area contributed by atoms with Crippen molar-refractivity contribution in [3.63, 3.8) is 0 Å². The predicted molar refractivity (Wildman–Crippen MR) is 79.8 cm³/mol. The van der Waals surface area contributed by atoms with Crippen LogP contribution in [-0.2, 0) is 13.5 Å². The van der Waals surface area contributed by atoms with Gasteiger partial charge in [-0.25, -0.2) is 0 Å². The number of halogens is 2. The van der Waals surface area contributed by atoms with E-state index in [4.69, 9.17) is 23.2 Å². The zero-order valence-electron chi connectivity index (χ0n) is 11.0. The molecule has 0 saturated heterocycles. The number of hydrogen-bond donors (Lipinski definition) is 1. The molecule has 0 radical (unpaired) electrons. The van der Waals surface area contributed by atoms with Crippen molar-refractivity contribution < 1.29 is 0 Å². The second-order valence-electron chi connectivity index (χ2n) is 4.60. The van der Waals surface area contributed by atoms with Crippen molar-refractivity contribution >= 4 is 23.2 Å². The summed E-state index contributed by atoms with van der Waals surface area (Å²) in [6, 6.07) is 5.90. The van der Waals surface area contributed by atoms with E-state index in [0.717, 1.165) is 18.4 Å². The molecule has 2 aromatic rings. The number of aromatic nitrogens is 2. The van der Waals surface area contributed by atoms with Crippen LogP contribution in [0.1, 0.15) is 23.6 Å². The van der Waals surface area contributed by atoms with Gasteiger partial charge in [0.25, 0.3) is 0 Å². The molecular formula is C14H17Cl2N3. The van der Waals surface area contributed by atoms with Crippen molar-refractivity contribution in [1.82, 2.24) is 15.1 Å². The molecule has 0 spiro atoms. The van der Waals surface area contributed by atoms with Gasteiger partial charge in [-0.2, -0.15) is 5.10 Å². The molecular weight excluding hydrogens is 281 g/mol. The largest absolute Gasteiger partial charge is 0.313 e. The number of aryl methyl sites for hydroxylation is 2. The Hall–Kier alpha value is -1.03. The summed E-state index contributed by atoms with van der Waals surface area (Å²) in [5, 5.41) is 8.82. The average Bonchev–Trinajstić information content (AvgIpc) is 2.75.